The first kappa shape index (κ1) is 16.3. The zero-order valence-corrected chi connectivity index (χ0v) is 14.0. The lowest BCUT2D eigenvalue weighted by molar-refractivity contribution is -0.131. The molecule has 0 bridgehead atoms. The van der Waals surface area contributed by atoms with Crippen molar-refractivity contribution in [2.24, 2.45) is 0 Å². The molecule has 1 aromatic carbocycles. The Bertz CT molecular complexity index is 860. The smallest absolute Gasteiger partial charge is 0.352 e. The number of aromatic carboxylic acids is 2. The van der Waals surface area contributed by atoms with Gasteiger partial charge in [0.1, 0.15) is 11.3 Å². The van der Waals surface area contributed by atoms with E-state index in [9.17, 15) is 19.8 Å². The standard InChI is InChI=1S/C18H19NO5/c1-17(2)11-7-5-6-10(15(20)21)14(11)19-12(16(22)23)8-9-13(19)18(3,4)24-17/h5-9H,1-4H3,(H,20,21)(H,22,23). The number of aromatic nitrogens is 1. The summed E-state index contributed by atoms with van der Waals surface area (Å²) in [5, 5.41) is 19.2. The zero-order valence-electron chi connectivity index (χ0n) is 14.0. The van der Waals surface area contributed by atoms with Crippen LogP contribution in [0.2, 0.25) is 0 Å². The lowest BCUT2D eigenvalue weighted by Gasteiger charge is -2.34. The summed E-state index contributed by atoms with van der Waals surface area (Å²) in [6, 6.07) is 8.05. The molecule has 2 aromatic rings. The van der Waals surface area contributed by atoms with Gasteiger partial charge in [-0.2, -0.15) is 0 Å². The van der Waals surface area contributed by atoms with E-state index in [2.05, 4.69) is 0 Å². The lowest BCUT2D eigenvalue weighted by Crippen LogP contribution is -2.32. The van der Waals surface area contributed by atoms with Gasteiger partial charge in [0.25, 0.3) is 0 Å². The highest BCUT2D eigenvalue weighted by molar-refractivity contribution is 5.94. The molecule has 1 aliphatic rings. The highest BCUT2D eigenvalue weighted by Gasteiger charge is 2.41. The number of carboxylic acids is 2. The minimum Gasteiger partial charge on any atom is -0.478 e. The number of carboxylic acid groups (broad SMARTS) is 2. The topological polar surface area (TPSA) is 88.8 Å². The van der Waals surface area contributed by atoms with Crippen molar-refractivity contribution in [2.75, 3.05) is 0 Å². The molecular weight excluding hydrogens is 310 g/mol. The van der Waals surface area contributed by atoms with Gasteiger partial charge in [0.2, 0.25) is 0 Å². The molecule has 3 rings (SSSR count). The Morgan fingerprint density at radius 1 is 0.958 bits per heavy atom. The Labute approximate surface area is 139 Å². The maximum atomic E-state index is 11.8. The fraction of sp³-hybridized carbons (Fsp3) is 0.333. The fourth-order valence-electron chi connectivity index (χ4n) is 3.50. The molecule has 0 unspecified atom stereocenters. The number of carbonyl (C=O) groups is 2. The predicted octanol–water partition coefficient (Wildman–Crippen LogP) is 3.37. The van der Waals surface area contributed by atoms with Gasteiger partial charge < -0.3 is 19.5 Å². The maximum Gasteiger partial charge on any atom is 0.352 e. The van der Waals surface area contributed by atoms with E-state index in [1.807, 2.05) is 27.7 Å². The van der Waals surface area contributed by atoms with Crippen molar-refractivity contribution in [3.05, 3.63) is 52.8 Å². The van der Waals surface area contributed by atoms with Gasteiger partial charge in [0.05, 0.1) is 22.5 Å². The Kier molecular flexibility index (Phi) is 3.35. The van der Waals surface area contributed by atoms with E-state index in [0.29, 0.717) is 16.9 Å². The van der Waals surface area contributed by atoms with E-state index in [4.69, 9.17) is 4.74 Å². The third kappa shape index (κ3) is 2.22. The second kappa shape index (κ2) is 4.95. The summed E-state index contributed by atoms with van der Waals surface area (Å²) in [7, 11) is 0. The fourth-order valence-corrected chi connectivity index (χ4v) is 3.50. The van der Waals surface area contributed by atoms with Crippen molar-refractivity contribution >= 4 is 11.9 Å². The van der Waals surface area contributed by atoms with E-state index in [0.717, 1.165) is 0 Å². The van der Waals surface area contributed by atoms with Gasteiger partial charge in [0.15, 0.2) is 0 Å². The third-order valence-electron chi connectivity index (χ3n) is 4.37. The first-order valence-electron chi connectivity index (χ1n) is 7.59. The van der Waals surface area contributed by atoms with E-state index in [1.165, 1.54) is 16.7 Å². The normalized spacial score (nSPS) is 17.5. The Morgan fingerprint density at radius 3 is 2.21 bits per heavy atom. The SMILES string of the molecule is CC1(C)OC(C)(C)c2ccc(C(=O)O)n2-c2c(C(=O)O)cccc21. The number of para-hydroxylation sites is 1. The maximum absolute atomic E-state index is 11.8. The highest BCUT2D eigenvalue weighted by Crippen LogP contribution is 2.44. The highest BCUT2D eigenvalue weighted by atomic mass is 16.5. The van der Waals surface area contributed by atoms with Gasteiger partial charge >= 0.3 is 11.9 Å². The first-order chi connectivity index (χ1) is 11.1. The first-order valence-corrected chi connectivity index (χ1v) is 7.59. The van der Waals surface area contributed by atoms with Crippen LogP contribution in [-0.4, -0.2) is 26.7 Å². The Balaban J connectivity index is 2.52. The zero-order chi connectivity index (χ0) is 17.9. The molecule has 0 saturated carbocycles. The molecule has 2 N–H and O–H groups in total. The Morgan fingerprint density at radius 2 is 1.62 bits per heavy atom. The van der Waals surface area contributed by atoms with E-state index < -0.39 is 23.1 Å². The van der Waals surface area contributed by atoms with Crippen LogP contribution in [-0.2, 0) is 15.9 Å². The van der Waals surface area contributed by atoms with Crippen molar-refractivity contribution in [1.29, 1.82) is 0 Å². The van der Waals surface area contributed by atoms with Crippen molar-refractivity contribution < 1.29 is 24.5 Å². The van der Waals surface area contributed by atoms with Crippen LogP contribution >= 0.6 is 0 Å². The van der Waals surface area contributed by atoms with E-state index >= 15 is 0 Å². The molecule has 6 nitrogen and oxygen atoms in total. The summed E-state index contributed by atoms with van der Waals surface area (Å²) >= 11 is 0. The summed E-state index contributed by atoms with van der Waals surface area (Å²) in [6.07, 6.45) is 0. The van der Waals surface area contributed by atoms with Crippen LogP contribution in [0, 0.1) is 0 Å². The molecule has 2 heterocycles. The molecule has 24 heavy (non-hydrogen) atoms. The van der Waals surface area contributed by atoms with Crippen molar-refractivity contribution in [3.8, 4) is 5.69 Å². The molecule has 1 aliphatic heterocycles. The number of hydrogen-bond donors (Lipinski definition) is 2. The van der Waals surface area contributed by atoms with Gasteiger partial charge in [-0.3, -0.25) is 0 Å². The number of hydrogen-bond acceptors (Lipinski definition) is 3. The van der Waals surface area contributed by atoms with Gasteiger partial charge in [0, 0.05) is 5.56 Å². The van der Waals surface area contributed by atoms with Crippen LogP contribution in [0.1, 0.15) is 59.8 Å². The van der Waals surface area contributed by atoms with Gasteiger partial charge in [-0.15, -0.1) is 0 Å². The van der Waals surface area contributed by atoms with Crippen molar-refractivity contribution in [3.63, 3.8) is 0 Å². The van der Waals surface area contributed by atoms with E-state index in [1.54, 1.807) is 18.2 Å². The predicted molar refractivity (Wildman–Crippen MR) is 86.8 cm³/mol. The monoisotopic (exact) mass is 329 g/mol. The van der Waals surface area contributed by atoms with Gasteiger partial charge in [-0.1, -0.05) is 12.1 Å². The number of fused-ring (bicyclic) bond motifs is 3. The average molecular weight is 329 g/mol. The van der Waals surface area contributed by atoms with Crippen molar-refractivity contribution in [2.45, 2.75) is 38.9 Å². The molecule has 0 fully saturated rings. The molecule has 0 amide bonds. The lowest BCUT2D eigenvalue weighted by atomic mass is 9.93. The van der Waals surface area contributed by atoms with E-state index in [-0.39, 0.29) is 11.3 Å². The summed E-state index contributed by atoms with van der Waals surface area (Å²) in [4.78, 5) is 23.5. The van der Waals surface area contributed by atoms with Crippen molar-refractivity contribution in [1.82, 2.24) is 4.57 Å². The van der Waals surface area contributed by atoms with Gasteiger partial charge in [-0.25, -0.2) is 9.59 Å². The summed E-state index contributed by atoms with van der Waals surface area (Å²) in [6.45, 7) is 7.40. The summed E-state index contributed by atoms with van der Waals surface area (Å²) in [5.74, 6) is -2.23. The van der Waals surface area contributed by atoms with Crippen LogP contribution in [0.3, 0.4) is 0 Å². The second-order valence-corrected chi connectivity index (χ2v) is 6.87. The molecule has 0 spiro atoms. The average Bonchev–Trinajstić information content (AvgIpc) is 2.88. The third-order valence-corrected chi connectivity index (χ3v) is 4.37. The van der Waals surface area contributed by atoms with Gasteiger partial charge in [-0.05, 0) is 45.9 Å². The van der Waals surface area contributed by atoms with Crippen LogP contribution in [0.5, 0.6) is 0 Å². The molecular formula is C18H19NO5. The van der Waals surface area contributed by atoms with Crippen LogP contribution in [0.15, 0.2) is 30.3 Å². The largest absolute Gasteiger partial charge is 0.478 e. The quantitative estimate of drug-likeness (QED) is 0.882. The number of nitrogens with zero attached hydrogens (tertiary/aromatic N) is 1. The molecule has 0 aliphatic carbocycles. The number of benzene rings is 1. The summed E-state index contributed by atoms with van der Waals surface area (Å²) < 4.78 is 7.76. The molecule has 0 radical (unpaired) electrons. The minimum atomic E-state index is -1.12. The summed E-state index contributed by atoms with van der Waals surface area (Å²) in [5.41, 5.74) is 0.0351. The number of rotatable bonds is 2. The molecule has 6 heteroatoms. The molecule has 0 atom stereocenters. The van der Waals surface area contributed by atoms with Crippen LogP contribution in [0.4, 0.5) is 0 Å². The molecule has 1 aromatic heterocycles. The van der Waals surface area contributed by atoms with Crippen LogP contribution in [0.25, 0.3) is 5.69 Å². The van der Waals surface area contributed by atoms with Crippen LogP contribution < -0.4 is 0 Å². The number of ether oxygens (including phenoxy) is 1. The molecule has 126 valence electrons. The Hall–Kier alpha value is -2.60. The minimum absolute atomic E-state index is 0.00863. The second-order valence-electron chi connectivity index (χ2n) is 6.87. The molecule has 0 saturated heterocycles.